The Morgan fingerprint density at radius 1 is 0.864 bits per heavy atom. The molecular weight excluding hydrogens is 275 g/mol. The zero-order valence-electron chi connectivity index (χ0n) is 12.5. The lowest BCUT2D eigenvalue weighted by Gasteiger charge is -2.11. The van der Waals surface area contributed by atoms with Crippen molar-refractivity contribution in [3.63, 3.8) is 0 Å². The van der Waals surface area contributed by atoms with Crippen molar-refractivity contribution in [1.29, 1.82) is 0 Å². The maximum Gasteiger partial charge on any atom is 0.497 e. The lowest BCUT2D eigenvalue weighted by Crippen LogP contribution is -2.35. The second-order valence-corrected chi connectivity index (χ2v) is 5.29. The standard InChI is InChI=1S/C18H15BO3/c1-20-19(21-2)15-11-12-7-3-4-8-13(12)17-14-9-5-6-10-16(14)22-18(15)17/h3-11H,1-2H3. The van der Waals surface area contributed by atoms with Gasteiger partial charge in [0.1, 0.15) is 11.2 Å². The molecule has 1 aromatic heterocycles. The van der Waals surface area contributed by atoms with Crippen LogP contribution in [0.25, 0.3) is 32.7 Å². The van der Waals surface area contributed by atoms with Crippen molar-refractivity contribution in [2.75, 3.05) is 14.2 Å². The van der Waals surface area contributed by atoms with Crippen LogP contribution in [0.5, 0.6) is 0 Å². The Hall–Kier alpha value is -2.30. The van der Waals surface area contributed by atoms with Crippen molar-refractivity contribution in [3.8, 4) is 0 Å². The number of fused-ring (bicyclic) bond motifs is 5. The minimum atomic E-state index is -0.451. The van der Waals surface area contributed by atoms with E-state index in [2.05, 4.69) is 24.3 Å². The van der Waals surface area contributed by atoms with Crippen molar-refractivity contribution >= 4 is 45.3 Å². The van der Waals surface area contributed by atoms with Crippen LogP contribution in [0.2, 0.25) is 0 Å². The molecule has 0 saturated heterocycles. The van der Waals surface area contributed by atoms with Gasteiger partial charge in [-0.15, -0.1) is 0 Å². The molecule has 4 heteroatoms. The van der Waals surface area contributed by atoms with Crippen molar-refractivity contribution in [2.45, 2.75) is 0 Å². The highest BCUT2D eigenvalue weighted by molar-refractivity contribution is 6.65. The number of benzene rings is 3. The van der Waals surface area contributed by atoms with E-state index in [4.69, 9.17) is 13.7 Å². The lowest BCUT2D eigenvalue weighted by atomic mass is 9.76. The molecule has 0 aliphatic carbocycles. The SMILES string of the molecule is COB(OC)c1cc2ccccc2c2c1oc1ccccc12. The molecule has 0 amide bonds. The highest BCUT2D eigenvalue weighted by Crippen LogP contribution is 2.33. The molecule has 0 fully saturated rings. The molecule has 4 rings (SSSR count). The molecule has 108 valence electrons. The van der Waals surface area contributed by atoms with Gasteiger partial charge in [-0.05, 0) is 16.8 Å². The van der Waals surface area contributed by atoms with E-state index in [1.165, 1.54) is 5.39 Å². The predicted octanol–water partition coefficient (Wildman–Crippen LogP) is 3.73. The minimum absolute atomic E-state index is 0.451. The highest BCUT2D eigenvalue weighted by atomic mass is 16.6. The van der Waals surface area contributed by atoms with Crippen LogP contribution < -0.4 is 5.46 Å². The molecule has 4 aromatic rings. The Morgan fingerprint density at radius 3 is 2.32 bits per heavy atom. The van der Waals surface area contributed by atoms with E-state index in [0.29, 0.717) is 0 Å². The van der Waals surface area contributed by atoms with Crippen molar-refractivity contribution in [3.05, 3.63) is 54.6 Å². The second kappa shape index (κ2) is 5.16. The number of furan rings is 1. The quantitative estimate of drug-likeness (QED) is 0.539. The number of hydrogen-bond donors (Lipinski definition) is 0. The third kappa shape index (κ3) is 1.85. The maximum absolute atomic E-state index is 6.12. The monoisotopic (exact) mass is 290 g/mol. The van der Waals surface area contributed by atoms with E-state index in [9.17, 15) is 0 Å². The normalized spacial score (nSPS) is 11.5. The summed E-state index contributed by atoms with van der Waals surface area (Å²) in [5.74, 6) is 0. The first kappa shape index (κ1) is 13.4. The molecule has 0 bridgehead atoms. The summed E-state index contributed by atoms with van der Waals surface area (Å²) in [5.41, 5.74) is 2.62. The van der Waals surface area contributed by atoms with Crippen LogP contribution in [0.15, 0.2) is 59.0 Å². The van der Waals surface area contributed by atoms with Gasteiger partial charge in [0.2, 0.25) is 0 Å². The first-order valence-corrected chi connectivity index (χ1v) is 7.22. The fraction of sp³-hybridized carbons (Fsp3) is 0.111. The van der Waals surface area contributed by atoms with Crippen LogP contribution >= 0.6 is 0 Å². The van der Waals surface area contributed by atoms with E-state index in [-0.39, 0.29) is 0 Å². The van der Waals surface area contributed by atoms with Gasteiger partial charge in [-0.1, -0.05) is 48.5 Å². The summed E-state index contributed by atoms with van der Waals surface area (Å²) >= 11 is 0. The van der Waals surface area contributed by atoms with E-state index in [0.717, 1.165) is 32.8 Å². The number of para-hydroxylation sites is 1. The fourth-order valence-electron chi connectivity index (χ4n) is 3.12. The molecule has 0 saturated carbocycles. The third-order valence-corrected chi connectivity index (χ3v) is 4.08. The van der Waals surface area contributed by atoms with Gasteiger partial charge in [0.15, 0.2) is 0 Å². The molecule has 22 heavy (non-hydrogen) atoms. The van der Waals surface area contributed by atoms with E-state index >= 15 is 0 Å². The zero-order valence-corrected chi connectivity index (χ0v) is 12.5. The van der Waals surface area contributed by atoms with Crippen LogP contribution in [-0.4, -0.2) is 21.3 Å². The Balaban J connectivity index is 2.23. The minimum Gasteiger partial charge on any atom is -0.456 e. The molecule has 0 aliphatic heterocycles. The largest absolute Gasteiger partial charge is 0.497 e. The van der Waals surface area contributed by atoms with Crippen LogP contribution in [0.4, 0.5) is 0 Å². The van der Waals surface area contributed by atoms with Crippen molar-refractivity contribution < 1.29 is 13.7 Å². The summed E-state index contributed by atoms with van der Waals surface area (Å²) in [6.07, 6.45) is 0. The second-order valence-electron chi connectivity index (χ2n) is 5.29. The molecule has 0 unspecified atom stereocenters. The molecule has 3 aromatic carbocycles. The van der Waals surface area contributed by atoms with Gasteiger partial charge in [-0.25, -0.2) is 0 Å². The van der Waals surface area contributed by atoms with Crippen LogP contribution in [0.1, 0.15) is 0 Å². The van der Waals surface area contributed by atoms with Crippen molar-refractivity contribution in [2.24, 2.45) is 0 Å². The molecular formula is C18H15BO3. The molecule has 0 aliphatic rings. The molecule has 0 spiro atoms. The Kier molecular flexibility index (Phi) is 3.14. The van der Waals surface area contributed by atoms with Gasteiger partial charge in [-0.2, -0.15) is 0 Å². The highest BCUT2D eigenvalue weighted by Gasteiger charge is 2.25. The number of hydrogen-bond acceptors (Lipinski definition) is 3. The lowest BCUT2D eigenvalue weighted by molar-refractivity contribution is 0.292. The van der Waals surface area contributed by atoms with Crippen LogP contribution in [0, 0.1) is 0 Å². The van der Waals surface area contributed by atoms with E-state index < -0.39 is 7.12 Å². The molecule has 0 radical (unpaired) electrons. The van der Waals surface area contributed by atoms with Gasteiger partial charge in [0.25, 0.3) is 0 Å². The average Bonchev–Trinajstić information content (AvgIpc) is 2.96. The Labute approximate surface area is 128 Å². The van der Waals surface area contributed by atoms with E-state index in [1.807, 2.05) is 30.3 Å². The summed E-state index contributed by atoms with van der Waals surface area (Å²) < 4.78 is 17.0. The fourth-order valence-corrected chi connectivity index (χ4v) is 3.12. The van der Waals surface area contributed by atoms with Gasteiger partial charge in [-0.3, -0.25) is 0 Å². The summed E-state index contributed by atoms with van der Waals surface area (Å²) in [5, 5.41) is 4.55. The first-order chi connectivity index (χ1) is 10.8. The summed E-state index contributed by atoms with van der Waals surface area (Å²) in [7, 11) is 2.82. The topological polar surface area (TPSA) is 31.6 Å². The maximum atomic E-state index is 6.12. The predicted molar refractivity (Wildman–Crippen MR) is 90.6 cm³/mol. The first-order valence-electron chi connectivity index (χ1n) is 7.22. The molecule has 1 heterocycles. The van der Waals surface area contributed by atoms with Gasteiger partial charge < -0.3 is 13.7 Å². The summed E-state index contributed by atoms with van der Waals surface area (Å²) in [4.78, 5) is 0. The summed E-state index contributed by atoms with van der Waals surface area (Å²) in [6.45, 7) is 0. The van der Waals surface area contributed by atoms with Gasteiger partial charge in [0, 0.05) is 30.5 Å². The average molecular weight is 290 g/mol. The van der Waals surface area contributed by atoms with Crippen LogP contribution in [0.3, 0.4) is 0 Å². The number of rotatable bonds is 3. The zero-order chi connectivity index (χ0) is 15.1. The van der Waals surface area contributed by atoms with Crippen LogP contribution in [-0.2, 0) is 9.31 Å². The molecule has 3 nitrogen and oxygen atoms in total. The van der Waals surface area contributed by atoms with Gasteiger partial charge >= 0.3 is 7.12 Å². The third-order valence-electron chi connectivity index (χ3n) is 4.08. The Morgan fingerprint density at radius 2 is 1.55 bits per heavy atom. The van der Waals surface area contributed by atoms with E-state index in [1.54, 1.807) is 14.2 Å². The van der Waals surface area contributed by atoms with Crippen molar-refractivity contribution in [1.82, 2.24) is 0 Å². The Bertz CT molecular complexity index is 970. The smallest absolute Gasteiger partial charge is 0.456 e. The van der Waals surface area contributed by atoms with Gasteiger partial charge in [0.05, 0.1) is 0 Å². The molecule has 0 N–H and O–H groups in total. The summed E-state index contributed by atoms with van der Waals surface area (Å²) in [6, 6.07) is 18.5. The molecule has 0 atom stereocenters.